The Kier molecular flexibility index (Phi) is 16.0. The number of fused-ring (bicyclic) bond motifs is 1. The Labute approximate surface area is 318 Å². The van der Waals surface area contributed by atoms with Crippen LogP contribution in [-0.4, -0.2) is 162 Å². The van der Waals surface area contributed by atoms with Crippen molar-refractivity contribution in [3.05, 3.63) is 12.2 Å². The van der Waals surface area contributed by atoms with Gasteiger partial charge in [0, 0.05) is 32.8 Å². The first-order valence-corrected chi connectivity index (χ1v) is 19.1. The van der Waals surface area contributed by atoms with E-state index in [0.29, 0.717) is 6.42 Å². The number of hydrogen-bond acceptors (Lipinski definition) is 16. The van der Waals surface area contributed by atoms with E-state index >= 15 is 0 Å². The predicted octanol–water partition coefficient (Wildman–Crippen LogP) is 1.02. The van der Waals surface area contributed by atoms with Crippen molar-refractivity contribution in [2.75, 3.05) is 21.2 Å². The zero-order valence-electron chi connectivity index (χ0n) is 33.0. The quantitative estimate of drug-likeness (QED) is 0.106. The molecule has 16 heteroatoms. The summed E-state index contributed by atoms with van der Waals surface area (Å²) in [5, 5.41) is 44.4. The molecule has 18 atom stereocenters. The van der Waals surface area contributed by atoms with Crippen molar-refractivity contribution in [1.82, 2.24) is 4.90 Å². The third kappa shape index (κ3) is 11.3. The minimum absolute atomic E-state index is 0.00336. The molecule has 0 amide bonds. The van der Waals surface area contributed by atoms with Crippen LogP contribution in [0.25, 0.3) is 0 Å². The van der Waals surface area contributed by atoms with E-state index in [9.17, 15) is 34.8 Å². The molecule has 3 saturated heterocycles. The second-order valence-electron chi connectivity index (χ2n) is 15.8. The van der Waals surface area contributed by atoms with Gasteiger partial charge in [-0.15, -0.1) is 0 Å². The van der Waals surface area contributed by atoms with Gasteiger partial charge < -0.3 is 68.0 Å². The van der Waals surface area contributed by atoms with Crippen molar-refractivity contribution >= 4 is 18.2 Å². The molecule has 4 aliphatic rings. The maximum atomic E-state index is 13.4. The molecule has 4 rings (SSSR count). The fraction of sp³-hybridized carbons (Fsp3) is 0.868. The van der Waals surface area contributed by atoms with Gasteiger partial charge >= 0.3 is 11.9 Å². The van der Waals surface area contributed by atoms with Gasteiger partial charge in [0.05, 0.1) is 48.6 Å². The Morgan fingerprint density at radius 1 is 1.00 bits per heavy atom. The summed E-state index contributed by atoms with van der Waals surface area (Å²) in [5.74, 6) is -2.34. The number of methoxy groups -OCH3 is 1. The summed E-state index contributed by atoms with van der Waals surface area (Å²) in [6.45, 7) is 10.1. The summed E-state index contributed by atoms with van der Waals surface area (Å²) in [6, 6.07) is -0.754. The second kappa shape index (κ2) is 19.4. The number of epoxide rings is 1. The zero-order chi connectivity index (χ0) is 40.1. The van der Waals surface area contributed by atoms with Gasteiger partial charge in [-0.05, 0) is 60.0 Å². The summed E-state index contributed by atoms with van der Waals surface area (Å²) in [7, 11) is 4.87. The van der Waals surface area contributed by atoms with Crippen molar-refractivity contribution in [3.8, 4) is 0 Å². The molecule has 0 bridgehead atoms. The standard InChI is InChI=1S/C38H63NO15/c1-10-28(42)52-27-17-29(43)48-20(3)16-26-25(51-26)12-11-24(41)19(2)15-23(13-14-40)34(35(27)47-9)54-37-32(44)31(39(7)8)33(21(4)50-37)53-30-18-38(6,46)36(45)22(5)49-30/h11-12,14,19-27,30-37,41,44-46H,10,13,15-18H2,1-9H3. The number of carbonyl (C=O) groups is 3. The van der Waals surface area contributed by atoms with Crippen molar-refractivity contribution in [1.29, 1.82) is 0 Å². The molecule has 3 fully saturated rings. The van der Waals surface area contributed by atoms with Crippen LogP contribution in [-0.2, 0) is 52.3 Å². The molecule has 0 aromatic heterocycles. The molecule has 16 nitrogen and oxygen atoms in total. The summed E-state index contributed by atoms with van der Waals surface area (Å²) in [6.07, 6.45) is -8.12. The molecular formula is C38H63NO15. The largest absolute Gasteiger partial charge is 0.462 e. The van der Waals surface area contributed by atoms with E-state index in [2.05, 4.69) is 0 Å². The Hall–Kier alpha value is -2.09. The Morgan fingerprint density at radius 2 is 1.70 bits per heavy atom. The number of hydrogen-bond donors (Lipinski definition) is 4. The first kappa shape index (κ1) is 44.6. The number of aliphatic hydroxyl groups excluding tert-OH is 3. The lowest BCUT2D eigenvalue weighted by molar-refractivity contribution is -0.344. The lowest BCUT2D eigenvalue weighted by Crippen LogP contribution is -2.65. The fourth-order valence-electron chi connectivity index (χ4n) is 7.92. The van der Waals surface area contributed by atoms with Crippen molar-refractivity contribution in [2.24, 2.45) is 11.8 Å². The van der Waals surface area contributed by atoms with Gasteiger partial charge in [-0.25, -0.2) is 0 Å². The van der Waals surface area contributed by atoms with Crippen LogP contribution in [0.1, 0.15) is 80.1 Å². The van der Waals surface area contributed by atoms with Crippen LogP contribution in [0.15, 0.2) is 12.2 Å². The number of rotatable bonds is 10. The third-order valence-electron chi connectivity index (χ3n) is 11.0. The van der Waals surface area contributed by atoms with Crippen molar-refractivity contribution in [3.63, 3.8) is 0 Å². The first-order chi connectivity index (χ1) is 25.4. The van der Waals surface area contributed by atoms with Gasteiger partial charge in [0.2, 0.25) is 0 Å². The van der Waals surface area contributed by atoms with Crippen LogP contribution in [0.4, 0.5) is 0 Å². The van der Waals surface area contributed by atoms with E-state index in [0.717, 1.165) is 6.29 Å². The van der Waals surface area contributed by atoms with Crippen LogP contribution in [0.5, 0.6) is 0 Å². The molecule has 0 spiro atoms. The summed E-state index contributed by atoms with van der Waals surface area (Å²) in [4.78, 5) is 40.2. The number of likely N-dealkylation sites (N-methyl/N-ethyl adjacent to an activating group) is 1. The Balaban J connectivity index is 1.69. The summed E-state index contributed by atoms with van der Waals surface area (Å²) >= 11 is 0. The summed E-state index contributed by atoms with van der Waals surface area (Å²) < 4.78 is 48.4. The average molecular weight is 774 g/mol. The Bertz CT molecular complexity index is 1270. The minimum atomic E-state index is -1.48. The number of aldehydes is 1. The van der Waals surface area contributed by atoms with Crippen molar-refractivity contribution in [2.45, 2.75) is 178 Å². The molecule has 54 heavy (non-hydrogen) atoms. The molecule has 0 aromatic carbocycles. The van der Waals surface area contributed by atoms with E-state index in [4.69, 9.17) is 37.9 Å². The second-order valence-corrected chi connectivity index (χ2v) is 15.8. The highest BCUT2D eigenvalue weighted by Gasteiger charge is 2.52. The maximum absolute atomic E-state index is 13.4. The smallest absolute Gasteiger partial charge is 0.309 e. The summed E-state index contributed by atoms with van der Waals surface area (Å²) in [5.41, 5.74) is -1.48. The molecular weight excluding hydrogens is 710 g/mol. The molecule has 4 heterocycles. The van der Waals surface area contributed by atoms with Crippen LogP contribution in [0.3, 0.4) is 0 Å². The number of aliphatic hydroxyl groups is 4. The van der Waals surface area contributed by atoms with Crippen molar-refractivity contribution < 1.29 is 72.7 Å². The topological polar surface area (TPSA) is 213 Å². The molecule has 0 aliphatic carbocycles. The third-order valence-corrected chi connectivity index (χ3v) is 11.0. The maximum Gasteiger partial charge on any atom is 0.309 e. The highest BCUT2D eigenvalue weighted by atomic mass is 16.7. The Morgan fingerprint density at radius 3 is 2.31 bits per heavy atom. The SMILES string of the molecule is CCC(=O)OC1CC(=O)OC(C)CC2OC2C=CC(O)C(C)CC(CC=O)C(OC2OC(C)C(OC3CC(C)(O)C(O)C(C)O3)C(N(C)C)C2O)C1OC. The number of nitrogens with zero attached hydrogens (tertiary/aromatic N) is 1. The number of carbonyl (C=O) groups excluding carboxylic acids is 3. The molecule has 4 aliphatic heterocycles. The van der Waals surface area contributed by atoms with Gasteiger partial charge in [-0.2, -0.15) is 0 Å². The van der Waals surface area contributed by atoms with Gasteiger partial charge in [0.15, 0.2) is 12.6 Å². The van der Waals surface area contributed by atoms with E-state index in [1.807, 2.05) is 6.92 Å². The lowest BCUT2D eigenvalue weighted by Gasteiger charge is -2.50. The average Bonchev–Trinajstić information content (AvgIpc) is 3.83. The zero-order valence-corrected chi connectivity index (χ0v) is 33.0. The van der Waals surface area contributed by atoms with Gasteiger partial charge in [0.1, 0.15) is 49.0 Å². The monoisotopic (exact) mass is 773 g/mol. The van der Waals surface area contributed by atoms with E-state index in [-0.39, 0.29) is 37.9 Å². The van der Waals surface area contributed by atoms with Crippen LogP contribution in [0.2, 0.25) is 0 Å². The van der Waals surface area contributed by atoms with E-state index < -0.39 is 115 Å². The van der Waals surface area contributed by atoms with E-state index in [1.54, 1.807) is 58.8 Å². The highest BCUT2D eigenvalue weighted by molar-refractivity contribution is 5.72. The molecule has 0 radical (unpaired) electrons. The van der Waals surface area contributed by atoms with Gasteiger partial charge in [-0.1, -0.05) is 26.0 Å². The minimum Gasteiger partial charge on any atom is -0.462 e. The molecule has 4 N–H and O–H groups in total. The normalized spacial score (nSPS) is 45.3. The van der Waals surface area contributed by atoms with E-state index in [1.165, 1.54) is 14.0 Å². The fourth-order valence-corrected chi connectivity index (χ4v) is 7.92. The van der Waals surface area contributed by atoms with Crippen LogP contribution >= 0.6 is 0 Å². The lowest BCUT2D eigenvalue weighted by atomic mass is 9.82. The van der Waals surface area contributed by atoms with Crippen LogP contribution < -0.4 is 0 Å². The first-order valence-electron chi connectivity index (χ1n) is 19.1. The number of ether oxygens (including phenoxy) is 8. The number of esters is 2. The number of cyclic esters (lactones) is 1. The molecule has 0 aromatic rings. The molecule has 18 unspecified atom stereocenters. The van der Waals surface area contributed by atoms with Crippen LogP contribution in [0, 0.1) is 11.8 Å². The van der Waals surface area contributed by atoms with Gasteiger partial charge in [-0.3, -0.25) is 9.59 Å². The van der Waals surface area contributed by atoms with Gasteiger partial charge in [0.25, 0.3) is 0 Å². The molecule has 310 valence electrons. The highest BCUT2D eigenvalue weighted by Crippen LogP contribution is 2.37. The predicted molar refractivity (Wildman–Crippen MR) is 191 cm³/mol. The molecule has 0 saturated carbocycles.